The Hall–Kier alpha value is -2.77. The number of benzene rings is 1. The molecule has 1 aliphatic rings. The molecule has 8 heteroatoms. The zero-order chi connectivity index (χ0) is 20.5. The first-order valence-corrected chi connectivity index (χ1v) is 9.49. The lowest BCUT2D eigenvalue weighted by molar-refractivity contribution is -0.152. The van der Waals surface area contributed by atoms with E-state index in [-0.39, 0.29) is 31.1 Å². The SMILES string of the molecule is CCOC(=O)N1CCN(C(=O)COC(=O)Cc2cccc(OC(C)C)c2)CC1. The lowest BCUT2D eigenvalue weighted by atomic mass is 10.1. The van der Waals surface area contributed by atoms with Gasteiger partial charge in [-0.2, -0.15) is 0 Å². The van der Waals surface area contributed by atoms with Crippen molar-refractivity contribution in [1.82, 2.24) is 9.80 Å². The Kier molecular flexibility index (Phi) is 8.10. The van der Waals surface area contributed by atoms with Gasteiger partial charge in [0.25, 0.3) is 5.91 Å². The summed E-state index contributed by atoms with van der Waals surface area (Å²) in [4.78, 5) is 39.1. The third-order valence-electron chi connectivity index (χ3n) is 4.13. The number of nitrogens with zero attached hydrogens (tertiary/aromatic N) is 2. The van der Waals surface area contributed by atoms with Gasteiger partial charge in [-0.05, 0) is 38.5 Å². The smallest absolute Gasteiger partial charge is 0.409 e. The summed E-state index contributed by atoms with van der Waals surface area (Å²) in [7, 11) is 0. The molecule has 154 valence electrons. The molecule has 2 rings (SSSR count). The molecule has 1 aromatic carbocycles. The van der Waals surface area contributed by atoms with Crippen molar-refractivity contribution in [2.24, 2.45) is 0 Å². The lowest BCUT2D eigenvalue weighted by Gasteiger charge is -2.33. The second-order valence-corrected chi connectivity index (χ2v) is 6.72. The van der Waals surface area contributed by atoms with Crippen molar-refractivity contribution in [3.05, 3.63) is 29.8 Å². The van der Waals surface area contributed by atoms with Crippen LogP contribution in [0, 0.1) is 0 Å². The highest BCUT2D eigenvalue weighted by Gasteiger charge is 2.25. The predicted octanol–water partition coefficient (Wildman–Crippen LogP) is 1.86. The maximum Gasteiger partial charge on any atom is 0.409 e. The van der Waals surface area contributed by atoms with Gasteiger partial charge in [0, 0.05) is 26.2 Å². The topological polar surface area (TPSA) is 85.4 Å². The molecule has 0 N–H and O–H groups in total. The van der Waals surface area contributed by atoms with Crippen molar-refractivity contribution in [2.45, 2.75) is 33.3 Å². The van der Waals surface area contributed by atoms with Crippen LogP contribution in [0.3, 0.4) is 0 Å². The Balaban J connectivity index is 1.74. The van der Waals surface area contributed by atoms with E-state index in [0.29, 0.717) is 38.5 Å². The van der Waals surface area contributed by atoms with Crippen LogP contribution in [0.5, 0.6) is 5.75 Å². The average molecular weight is 392 g/mol. The standard InChI is InChI=1S/C20H28N2O6/c1-4-26-20(25)22-10-8-21(9-11-22)18(23)14-27-19(24)13-16-6-5-7-17(12-16)28-15(2)3/h5-7,12,15H,4,8-11,13-14H2,1-3H3. The van der Waals surface area contributed by atoms with E-state index < -0.39 is 5.97 Å². The van der Waals surface area contributed by atoms with Gasteiger partial charge < -0.3 is 24.0 Å². The van der Waals surface area contributed by atoms with Gasteiger partial charge in [0.1, 0.15) is 5.75 Å². The third-order valence-corrected chi connectivity index (χ3v) is 4.13. The van der Waals surface area contributed by atoms with Crippen molar-refractivity contribution < 1.29 is 28.6 Å². The van der Waals surface area contributed by atoms with Gasteiger partial charge in [0.15, 0.2) is 6.61 Å². The molecular weight excluding hydrogens is 364 g/mol. The van der Waals surface area contributed by atoms with Crippen LogP contribution < -0.4 is 4.74 Å². The number of amides is 2. The number of piperazine rings is 1. The van der Waals surface area contributed by atoms with Crippen LogP contribution in [0.1, 0.15) is 26.3 Å². The second kappa shape index (κ2) is 10.5. The van der Waals surface area contributed by atoms with Crippen LogP contribution in [0.25, 0.3) is 0 Å². The molecule has 0 aromatic heterocycles. The summed E-state index contributed by atoms with van der Waals surface area (Å²) < 4.78 is 15.7. The van der Waals surface area contributed by atoms with E-state index in [9.17, 15) is 14.4 Å². The van der Waals surface area contributed by atoms with Gasteiger partial charge in [-0.15, -0.1) is 0 Å². The fourth-order valence-electron chi connectivity index (χ4n) is 2.81. The van der Waals surface area contributed by atoms with Gasteiger partial charge in [0.05, 0.1) is 19.1 Å². The molecule has 0 aliphatic carbocycles. The molecule has 8 nitrogen and oxygen atoms in total. The zero-order valence-electron chi connectivity index (χ0n) is 16.7. The number of carbonyl (C=O) groups is 3. The van der Waals surface area contributed by atoms with E-state index >= 15 is 0 Å². The van der Waals surface area contributed by atoms with Crippen molar-refractivity contribution in [3.8, 4) is 5.75 Å². The van der Waals surface area contributed by atoms with Crippen LogP contribution in [-0.4, -0.2) is 73.3 Å². The van der Waals surface area contributed by atoms with E-state index in [4.69, 9.17) is 14.2 Å². The first kappa shape index (κ1) is 21.5. The van der Waals surface area contributed by atoms with E-state index in [0.717, 1.165) is 5.56 Å². The monoisotopic (exact) mass is 392 g/mol. The van der Waals surface area contributed by atoms with Crippen LogP contribution in [-0.2, 0) is 25.5 Å². The van der Waals surface area contributed by atoms with Crippen molar-refractivity contribution in [2.75, 3.05) is 39.4 Å². The molecule has 28 heavy (non-hydrogen) atoms. The van der Waals surface area contributed by atoms with E-state index in [2.05, 4.69) is 0 Å². The van der Waals surface area contributed by atoms with Crippen LogP contribution in [0.4, 0.5) is 4.79 Å². The molecule has 1 heterocycles. The highest BCUT2D eigenvalue weighted by atomic mass is 16.6. The quantitative estimate of drug-likeness (QED) is 0.659. The van der Waals surface area contributed by atoms with Crippen molar-refractivity contribution >= 4 is 18.0 Å². The van der Waals surface area contributed by atoms with Crippen molar-refractivity contribution in [1.29, 1.82) is 0 Å². The molecule has 0 saturated carbocycles. The Morgan fingerprint density at radius 2 is 1.71 bits per heavy atom. The molecule has 2 amide bonds. The highest BCUT2D eigenvalue weighted by molar-refractivity contribution is 5.81. The van der Waals surface area contributed by atoms with E-state index in [1.54, 1.807) is 22.8 Å². The fraction of sp³-hybridized carbons (Fsp3) is 0.550. The average Bonchev–Trinajstić information content (AvgIpc) is 2.66. The Bertz CT molecular complexity index is 683. The minimum atomic E-state index is -0.472. The largest absolute Gasteiger partial charge is 0.491 e. The molecule has 1 aliphatic heterocycles. The van der Waals surface area contributed by atoms with Crippen LogP contribution in [0.15, 0.2) is 24.3 Å². The summed E-state index contributed by atoms with van der Waals surface area (Å²) in [5, 5.41) is 0. The van der Waals surface area contributed by atoms with Gasteiger partial charge in [-0.25, -0.2) is 4.79 Å². The van der Waals surface area contributed by atoms with Gasteiger partial charge in [-0.1, -0.05) is 12.1 Å². The first-order chi connectivity index (χ1) is 13.4. The Labute approximate surface area is 165 Å². The molecule has 0 atom stereocenters. The molecule has 0 unspecified atom stereocenters. The third kappa shape index (κ3) is 6.75. The normalized spacial score (nSPS) is 14.0. The zero-order valence-corrected chi connectivity index (χ0v) is 16.7. The molecule has 1 fully saturated rings. The number of esters is 1. The summed E-state index contributed by atoms with van der Waals surface area (Å²) in [6.45, 7) is 7.22. The minimum absolute atomic E-state index is 0.0455. The fourth-order valence-corrected chi connectivity index (χ4v) is 2.81. The molecule has 0 spiro atoms. The summed E-state index contributed by atoms with van der Waals surface area (Å²) in [6, 6.07) is 7.24. The van der Waals surface area contributed by atoms with Crippen molar-refractivity contribution in [3.63, 3.8) is 0 Å². The number of hydrogen-bond acceptors (Lipinski definition) is 6. The lowest BCUT2D eigenvalue weighted by Crippen LogP contribution is -2.51. The molecule has 1 saturated heterocycles. The second-order valence-electron chi connectivity index (χ2n) is 6.72. The summed E-state index contributed by atoms with van der Waals surface area (Å²) >= 11 is 0. The molecule has 0 bridgehead atoms. The summed E-state index contributed by atoms with van der Waals surface area (Å²) in [6.07, 6.45) is -0.257. The minimum Gasteiger partial charge on any atom is -0.491 e. The highest BCUT2D eigenvalue weighted by Crippen LogP contribution is 2.15. The maximum absolute atomic E-state index is 12.2. The number of ether oxygens (including phenoxy) is 3. The van der Waals surface area contributed by atoms with Gasteiger partial charge in [-0.3, -0.25) is 9.59 Å². The maximum atomic E-state index is 12.2. The Morgan fingerprint density at radius 1 is 1.04 bits per heavy atom. The predicted molar refractivity (Wildman–Crippen MR) is 102 cm³/mol. The van der Waals surface area contributed by atoms with Crippen LogP contribution >= 0.6 is 0 Å². The molecule has 1 aromatic rings. The number of carbonyl (C=O) groups excluding carboxylic acids is 3. The number of hydrogen-bond donors (Lipinski definition) is 0. The molecule has 0 radical (unpaired) electrons. The number of rotatable bonds is 7. The first-order valence-electron chi connectivity index (χ1n) is 9.49. The van der Waals surface area contributed by atoms with Crippen LogP contribution in [0.2, 0.25) is 0 Å². The van der Waals surface area contributed by atoms with Gasteiger partial charge in [0.2, 0.25) is 0 Å². The summed E-state index contributed by atoms with van der Waals surface area (Å²) in [5.41, 5.74) is 0.763. The Morgan fingerprint density at radius 3 is 2.36 bits per heavy atom. The summed E-state index contributed by atoms with van der Waals surface area (Å²) in [5.74, 6) is -0.0511. The molecular formula is C20H28N2O6. The van der Waals surface area contributed by atoms with E-state index in [1.807, 2.05) is 32.0 Å². The van der Waals surface area contributed by atoms with Gasteiger partial charge >= 0.3 is 12.1 Å². The van der Waals surface area contributed by atoms with E-state index in [1.165, 1.54) is 0 Å².